The Bertz CT molecular complexity index is 127. The molecule has 52 valence electrons. The van der Waals surface area contributed by atoms with Crippen molar-refractivity contribution in [2.75, 3.05) is 0 Å². The van der Waals surface area contributed by atoms with E-state index in [1.807, 2.05) is 22.9 Å². The summed E-state index contributed by atoms with van der Waals surface area (Å²) in [5.74, 6) is 0.466. The van der Waals surface area contributed by atoms with Gasteiger partial charge in [-0.25, -0.2) is 3.21 Å². The zero-order valence-corrected chi connectivity index (χ0v) is 7.79. The van der Waals surface area contributed by atoms with E-state index in [9.17, 15) is 0 Å². The molecular weight excluding hydrogens is 227 g/mol. The van der Waals surface area contributed by atoms with E-state index < -0.39 is 0 Å². The van der Waals surface area contributed by atoms with Crippen molar-refractivity contribution in [3.05, 3.63) is 11.8 Å². The Balaban J connectivity index is 4.01. The van der Waals surface area contributed by atoms with Crippen LogP contribution in [0, 0.1) is 5.92 Å². The molecule has 0 saturated carbocycles. The fourth-order valence-electron chi connectivity index (χ4n) is 0.441. The largest absolute Gasteiger partial charge is 0.404 e. The third kappa shape index (κ3) is 3.51. The van der Waals surface area contributed by atoms with Gasteiger partial charge in [0, 0.05) is 6.21 Å². The van der Waals surface area contributed by atoms with Crippen molar-refractivity contribution in [1.29, 1.82) is 0 Å². The number of halogens is 1. The highest BCUT2D eigenvalue weighted by molar-refractivity contribution is 14.1. The van der Waals surface area contributed by atoms with Gasteiger partial charge in [-0.1, -0.05) is 13.8 Å². The molecule has 0 rings (SSSR count). The van der Waals surface area contributed by atoms with E-state index in [4.69, 9.17) is 5.73 Å². The van der Waals surface area contributed by atoms with Crippen LogP contribution >= 0.6 is 22.9 Å². The van der Waals surface area contributed by atoms with Crippen molar-refractivity contribution in [2.45, 2.75) is 13.8 Å². The molecule has 0 aliphatic heterocycles. The third-order valence-electron chi connectivity index (χ3n) is 1.06. The third-order valence-corrected chi connectivity index (χ3v) is 1.34. The highest BCUT2D eigenvalue weighted by Crippen LogP contribution is 2.04. The maximum atomic E-state index is 5.30. The molecule has 0 unspecified atom stereocenters. The number of hydrogen-bond acceptors (Lipinski definition) is 2. The van der Waals surface area contributed by atoms with Crippen molar-refractivity contribution in [1.82, 2.24) is 0 Å². The van der Waals surface area contributed by atoms with Crippen LogP contribution in [0.4, 0.5) is 0 Å². The van der Waals surface area contributed by atoms with Crippen molar-refractivity contribution in [3.63, 3.8) is 0 Å². The molecule has 0 radical (unpaired) electrons. The van der Waals surface area contributed by atoms with Crippen LogP contribution < -0.4 is 5.73 Å². The molecule has 0 heterocycles. The normalized spacial score (nSPS) is 13.6. The minimum absolute atomic E-state index is 0.466. The first kappa shape index (κ1) is 8.94. The van der Waals surface area contributed by atoms with Gasteiger partial charge in [-0.05, 0) is 17.7 Å². The molecule has 3 heteroatoms. The number of allylic oxidation sites excluding steroid dienone is 1. The summed E-state index contributed by atoms with van der Waals surface area (Å²) in [5, 5.41) is 0. The van der Waals surface area contributed by atoms with Crippen LogP contribution in [0.1, 0.15) is 13.8 Å². The lowest BCUT2D eigenvalue weighted by Gasteiger charge is -2.01. The standard InChI is InChI=1S/C6H11IN2/c1-5(2)6(3-8)4-9-7/h3-5H,8H2,1-2H3/b6-3+,9-4-. The van der Waals surface area contributed by atoms with Crippen LogP contribution in [0.25, 0.3) is 0 Å². The molecular formula is C6H11IN2. The number of rotatable bonds is 2. The van der Waals surface area contributed by atoms with Gasteiger partial charge in [0.15, 0.2) is 0 Å². The maximum Gasteiger partial charge on any atom is 0.0831 e. The quantitative estimate of drug-likeness (QED) is 0.579. The molecule has 0 saturated heterocycles. The predicted octanol–water partition coefficient (Wildman–Crippen LogP) is 1.91. The first-order chi connectivity index (χ1) is 4.22. The second-order valence-corrected chi connectivity index (χ2v) is 2.61. The van der Waals surface area contributed by atoms with Gasteiger partial charge in [-0.3, -0.25) is 0 Å². The van der Waals surface area contributed by atoms with E-state index in [1.165, 1.54) is 0 Å². The van der Waals surface area contributed by atoms with Gasteiger partial charge < -0.3 is 5.73 Å². The topological polar surface area (TPSA) is 38.4 Å². The van der Waals surface area contributed by atoms with Crippen molar-refractivity contribution >= 4 is 29.1 Å². The average molecular weight is 238 g/mol. The Hall–Kier alpha value is -0.0600. The molecule has 2 N–H and O–H groups in total. The molecule has 0 atom stereocenters. The summed E-state index contributed by atoms with van der Waals surface area (Å²) in [7, 11) is 0. The summed E-state index contributed by atoms with van der Waals surface area (Å²) in [6.45, 7) is 4.16. The SMILES string of the molecule is CC(C)C(/C=N\I)=C/N. The lowest BCUT2D eigenvalue weighted by atomic mass is 10.1. The molecule has 0 aromatic carbocycles. The summed E-state index contributed by atoms with van der Waals surface area (Å²) in [5.41, 5.74) is 6.38. The monoisotopic (exact) mass is 238 g/mol. The molecule has 0 fully saturated rings. The van der Waals surface area contributed by atoms with Gasteiger partial charge in [0.05, 0.1) is 22.9 Å². The van der Waals surface area contributed by atoms with Crippen molar-refractivity contribution < 1.29 is 0 Å². The van der Waals surface area contributed by atoms with Gasteiger partial charge in [-0.2, -0.15) is 0 Å². The van der Waals surface area contributed by atoms with E-state index >= 15 is 0 Å². The van der Waals surface area contributed by atoms with Crippen LogP contribution in [0.15, 0.2) is 15.0 Å². The molecule has 2 nitrogen and oxygen atoms in total. The Labute approximate surface area is 69.7 Å². The summed E-state index contributed by atoms with van der Waals surface area (Å²) < 4.78 is 3.82. The molecule has 0 bridgehead atoms. The maximum absolute atomic E-state index is 5.30. The summed E-state index contributed by atoms with van der Waals surface area (Å²) in [6, 6.07) is 0. The van der Waals surface area contributed by atoms with Crippen LogP contribution in [-0.4, -0.2) is 6.21 Å². The highest BCUT2D eigenvalue weighted by atomic mass is 127. The summed E-state index contributed by atoms with van der Waals surface area (Å²) in [4.78, 5) is 0. The lowest BCUT2D eigenvalue weighted by molar-refractivity contribution is 0.804. The second kappa shape index (κ2) is 4.78. The van der Waals surface area contributed by atoms with Gasteiger partial charge in [0.2, 0.25) is 0 Å². The molecule has 0 aliphatic rings. The molecule has 0 aromatic rings. The van der Waals surface area contributed by atoms with E-state index in [-0.39, 0.29) is 0 Å². The minimum atomic E-state index is 0.466. The first-order valence-electron chi connectivity index (χ1n) is 2.78. The van der Waals surface area contributed by atoms with E-state index in [0.29, 0.717) is 5.92 Å². The Morgan fingerprint density at radius 1 is 1.67 bits per heavy atom. The number of hydrogen-bond donors (Lipinski definition) is 1. The van der Waals surface area contributed by atoms with Crippen LogP contribution in [0.5, 0.6) is 0 Å². The highest BCUT2D eigenvalue weighted by Gasteiger charge is 1.96. The minimum Gasteiger partial charge on any atom is -0.404 e. The van der Waals surface area contributed by atoms with Crippen LogP contribution in [0.3, 0.4) is 0 Å². The van der Waals surface area contributed by atoms with E-state index in [2.05, 4.69) is 17.1 Å². The molecule has 0 amide bonds. The lowest BCUT2D eigenvalue weighted by Crippen LogP contribution is -1.98. The molecule has 0 spiro atoms. The smallest absolute Gasteiger partial charge is 0.0831 e. The molecule has 0 aliphatic carbocycles. The van der Waals surface area contributed by atoms with Crippen LogP contribution in [-0.2, 0) is 0 Å². The Morgan fingerprint density at radius 2 is 2.22 bits per heavy atom. The fraction of sp³-hybridized carbons (Fsp3) is 0.500. The van der Waals surface area contributed by atoms with Crippen molar-refractivity contribution in [2.24, 2.45) is 14.9 Å². The number of nitrogens with zero attached hydrogens (tertiary/aromatic N) is 1. The molecule has 9 heavy (non-hydrogen) atoms. The van der Waals surface area contributed by atoms with Crippen LogP contribution in [0.2, 0.25) is 0 Å². The van der Waals surface area contributed by atoms with Gasteiger partial charge in [0.25, 0.3) is 0 Å². The van der Waals surface area contributed by atoms with Gasteiger partial charge in [0.1, 0.15) is 0 Å². The molecule has 0 aromatic heterocycles. The zero-order chi connectivity index (χ0) is 7.28. The Morgan fingerprint density at radius 3 is 2.33 bits per heavy atom. The fourth-order valence-corrected chi connectivity index (χ4v) is 0.763. The Kier molecular flexibility index (Phi) is 4.75. The van der Waals surface area contributed by atoms with E-state index in [1.54, 1.807) is 12.4 Å². The van der Waals surface area contributed by atoms with Crippen molar-refractivity contribution in [3.8, 4) is 0 Å². The predicted molar refractivity (Wildman–Crippen MR) is 49.6 cm³/mol. The number of nitrogens with two attached hydrogens (primary N) is 1. The van der Waals surface area contributed by atoms with Gasteiger partial charge >= 0.3 is 0 Å². The first-order valence-corrected chi connectivity index (χ1v) is 3.75. The average Bonchev–Trinajstić information content (AvgIpc) is 1.82. The zero-order valence-electron chi connectivity index (χ0n) is 5.63. The van der Waals surface area contributed by atoms with Gasteiger partial charge in [-0.15, -0.1) is 0 Å². The van der Waals surface area contributed by atoms with E-state index in [0.717, 1.165) is 5.57 Å². The summed E-state index contributed by atoms with van der Waals surface area (Å²) in [6.07, 6.45) is 3.36. The summed E-state index contributed by atoms with van der Waals surface area (Å²) >= 11 is 1.93. The second-order valence-electron chi connectivity index (χ2n) is 2.05.